The summed E-state index contributed by atoms with van der Waals surface area (Å²) in [6, 6.07) is 8.19. The van der Waals surface area contributed by atoms with Crippen LogP contribution in [0.1, 0.15) is 22.4 Å². The Kier molecular flexibility index (Phi) is 6.36. The maximum absolute atomic E-state index is 12.8. The summed E-state index contributed by atoms with van der Waals surface area (Å²) < 4.78 is 49.2. The Morgan fingerprint density at radius 1 is 1.12 bits per heavy atom. The van der Waals surface area contributed by atoms with Gasteiger partial charge in [0.15, 0.2) is 11.5 Å². The van der Waals surface area contributed by atoms with Gasteiger partial charge in [-0.25, -0.2) is 4.98 Å². The largest absolute Gasteiger partial charge is 0.493 e. The second-order valence-electron chi connectivity index (χ2n) is 7.65. The molecule has 0 atom stereocenters. The van der Waals surface area contributed by atoms with E-state index in [1.165, 1.54) is 26.4 Å². The van der Waals surface area contributed by atoms with Crippen molar-refractivity contribution in [2.24, 2.45) is 0 Å². The van der Waals surface area contributed by atoms with E-state index in [2.05, 4.69) is 14.9 Å². The zero-order chi connectivity index (χ0) is 23.8. The Balaban J connectivity index is 1.59. The normalized spacial score (nSPS) is 14.1. The van der Waals surface area contributed by atoms with Gasteiger partial charge in [-0.1, -0.05) is 29.8 Å². The minimum Gasteiger partial charge on any atom is -0.493 e. The van der Waals surface area contributed by atoms with Crippen LogP contribution in [0.2, 0.25) is 5.02 Å². The number of alkyl halides is 3. The lowest BCUT2D eigenvalue weighted by Gasteiger charge is -2.28. The smallest absolute Gasteiger partial charge is 0.416 e. The average molecular weight is 480 g/mol. The molecule has 4 rings (SSSR count). The molecule has 10 heteroatoms. The van der Waals surface area contributed by atoms with Crippen LogP contribution < -0.4 is 15.0 Å². The molecule has 174 valence electrons. The Morgan fingerprint density at radius 3 is 2.48 bits per heavy atom. The number of benzene rings is 2. The highest BCUT2D eigenvalue weighted by Gasteiger charge is 2.30. The third-order valence-electron chi connectivity index (χ3n) is 5.60. The molecule has 1 aromatic heterocycles. The standard InChI is InChI=1S/C23H21ClF3N3O3/c1-32-18-8-5-14(19(24)20(18)33-2)11-30-10-9-16-17(12-30)28-21(29-22(16)31)13-3-6-15(7-4-13)23(25,26)27/h3-8H,9-12H2,1-2H3,(H,28,29,31). The Labute approximate surface area is 192 Å². The van der Waals surface area contributed by atoms with E-state index in [0.29, 0.717) is 59.4 Å². The molecule has 2 heterocycles. The first-order valence-electron chi connectivity index (χ1n) is 10.1. The van der Waals surface area contributed by atoms with Crippen LogP contribution >= 0.6 is 11.6 Å². The summed E-state index contributed by atoms with van der Waals surface area (Å²) in [6.45, 7) is 1.53. The van der Waals surface area contributed by atoms with Crippen molar-refractivity contribution in [1.82, 2.24) is 14.9 Å². The number of nitrogens with one attached hydrogen (secondary N) is 1. The van der Waals surface area contributed by atoms with E-state index < -0.39 is 11.7 Å². The average Bonchev–Trinajstić information content (AvgIpc) is 2.79. The van der Waals surface area contributed by atoms with Gasteiger partial charge in [0.1, 0.15) is 5.82 Å². The molecule has 33 heavy (non-hydrogen) atoms. The molecule has 0 aliphatic carbocycles. The van der Waals surface area contributed by atoms with E-state index in [1.807, 2.05) is 6.07 Å². The number of aromatic amines is 1. The third-order valence-corrected chi connectivity index (χ3v) is 6.01. The SMILES string of the molecule is COc1ccc(CN2CCc3c(nc(-c4ccc(C(F)(F)F)cc4)[nH]c3=O)C2)c(Cl)c1OC. The highest BCUT2D eigenvalue weighted by Crippen LogP contribution is 2.38. The first kappa shape index (κ1) is 23.1. The number of hydrogen-bond acceptors (Lipinski definition) is 5. The third kappa shape index (κ3) is 4.69. The van der Waals surface area contributed by atoms with Crippen molar-refractivity contribution >= 4 is 11.6 Å². The number of H-pyrrole nitrogens is 1. The molecule has 1 aliphatic heterocycles. The van der Waals surface area contributed by atoms with Crippen LogP contribution in [0, 0.1) is 0 Å². The van der Waals surface area contributed by atoms with Crippen LogP contribution in [0.15, 0.2) is 41.2 Å². The fraction of sp³-hybridized carbons (Fsp3) is 0.304. The predicted octanol–water partition coefficient (Wildman–Crippen LogP) is 4.68. The first-order valence-corrected chi connectivity index (χ1v) is 10.5. The van der Waals surface area contributed by atoms with Gasteiger partial charge in [-0.2, -0.15) is 13.2 Å². The van der Waals surface area contributed by atoms with Crippen molar-refractivity contribution in [2.75, 3.05) is 20.8 Å². The topological polar surface area (TPSA) is 67.5 Å². The Bertz CT molecular complexity index is 1230. The molecule has 1 N–H and O–H groups in total. The summed E-state index contributed by atoms with van der Waals surface area (Å²) >= 11 is 6.51. The van der Waals surface area contributed by atoms with Crippen LogP contribution in [0.25, 0.3) is 11.4 Å². The Morgan fingerprint density at radius 2 is 1.85 bits per heavy atom. The number of rotatable bonds is 5. The minimum atomic E-state index is -4.43. The fourth-order valence-electron chi connectivity index (χ4n) is 3.88. The van der Waals surface area contributed by atoms with E-state index in [0.717, 1.165) is 17.7 Å². The molecule has 0 amide bonds. The quantitative estimate of drug-likeness (QED) is 0.575. The summed E-state index contributed by atoms with van der Waals surface area (Å²) in [6.07, 6.45) is -3.93. The second-order valence-corrected chi connectivity index (χ2v) is 8.03. The van der Waals surface area contributed by atoms with Crippen LogP contribution in [0.5, 0.6) is 11.5 Å². The number of methoxy groups -OCH3 is 2. The lowest BCUT2D eigenvalue weighted by molar-refractivity contribution is -0.137. The van der Waals surface area contributed by atoms with Gasteiger partial charge in [-0.3, -0.25) is 9.69 Å². The number of hydrogen-bond donors (Lipinski definition) is 1. The van der Waals surface area contributed by atoms with Crippen LogP contribution in [0.3, 0.4) is 0 Å². The summed E-state index contributed by atoms with van der Waals surface area (Å²) in [5, 5.41) is 0.451. The number of aromatic nitrogens is 2. The highest BCUT2D eigenvalue weighted by atomic mass is 35.5. The molecule has 0 saturated heterocycles. The van der Waals surface area contributed by atoms with E-state index in [4.69, 9.17) is 21.1 Å². The van der Waals surface area contributed by atoms with E-state index in [-0.39, 0.29) is 11.4 Å². The van der Waals surface area contributed by atoms with Gasteiger partial charge in [-0.05, 0) is 30.2 Å². The monoisotopic (exact) mass is 479 g/mol. The molecule has 2 aromatic carbocycles. The molecular weight excluding hydrogens is 459 g/mol. The minimum absolute atomic E-state index is 0.235. The fourth-order valence-corrected chi connectivity index (χ4v) is 4.17. The molecule has 3 aromatic rings. The van der Waals surface area contributed by atoms with Gasteiger partial charge in [-0.15, -0.1) is 0 Å². The molecule has 0 saturated carbocycles. The summed E-state index contributed by atoms with van der Waals surface area (Å²) in [7, 11) is 3.05. The highest BCUT2D eigenvalue weighted by molar-refractivity contribution is 6.33. The van der Waals surface area contributed by atoms with E-state index in [1.54, 1.807) is 6.07 Å². The molecule has 0 radical (unpaired) electrons. The molecule has 0 bridgehead atoms. The van der Waals surface area contributed by atoms with Crippen LogP contribution in [0.4, 0.5) is 13.2 Å². The maximum Gasteiger partial charge on any atom is 0.416 e. The van der Waals surface area contributed by atoms with Gasteiger partial charge in [0, 0.05) is 30.8 Å². The zero-order valence-electron chi connectivity index (χ0n) is 17.9. The van der Waals surface area contributed by atoms with Crippen molar-refractivity contribution in [1.29, 1.82) is 0 Å². The van der Waals surface area contributed by atoms with E-state index >= 15 is 0 Å². The second kappa shape index (κ2) is 9.07. The molecule has 0 fully saturated rings. The van der Waals surface area contributed by atoms with Gasteiger partial charge in [0.05, 0.1) is 30.5 Å². The van der Waals surface area contributed by atoms with Crippen molar-refractivity contribution in [3.8, 4) is 22.9 Å². The molecule has 6 nitrogen and oxygen atoms in total. The molecular formula is C23H21ClF3N3O3. The Hall–Kier alpha value is -3.04. The summed E-state index contributed by atoms with van der Waals surface area (Å²) in [5.74, 6) is 1.22. The maximum atomic E-state index is 12.8. The number of ether oxygens (including phenoxy) is 2. The molecule has 0 unspecified atom stereocenters. The summed E-state index contributed by atoms with van der Waals surface area (Å²) in [4.78, 5) is 22.0. The lowest BCUT2D eigenvalue weighted by atomic mass is 10.0. The summed E-state index contributed by atoms with van der Waals surface area (Å²) in [5.41, 5.74) is 1.38. The molecule has 0 spiro atoms. The number of nitrogens with zero attached hydrogens (tertiary/aromatic N) is 2. The van der Waals surface area contributed by atoms with Crippen molar-refractivity contribution in [3.05, 3.63) is 74.2 Å². The zero-order valence-corrected chi connectivity index (χ0v) is 18.7. The van der Waals surface area contributed by atoms with Crippen molar-refractivity contribution in [2.45, 2.75) is 25.7 Å². The van der Waals surface area contributed by atoms with Crippen molar-refractivity contribution < 1.29 is 22.6 Å². The van der Waals surface area contributed by atoms with Crippen LogP contribution in [-0.4, -0.2) is 35.6 Å². The van der Waals surface area contributed by atoms with Gasteiger partial charge < -0.3 is 14.5 Å². The van der Waals surface area contributed by atoms with Gasteiger partial charge in [0.25, 0.3) is 5.56 Å². The number of halogens is 4. The molecule has 1 aliphatic rings. The van der Waals surface area contributed by atoms with Crippen LogP contribution in [-0.2, 0) is 25.7 Å². The van der Waals surface area contributed by atoms with Crippen molar-refractivity contribution in [3.63, 3.8) is 0 Å². The van der Waals surface area contributed by atoms with Gasteiger partial charge >= 0.3 is 6.18 Å². The number of fused-ring (bicyclic) bond motifs is 1. The first-order chi connectivity index (χ1) is 15.7. The lowest BCUT2D eigenvalue weighted by Crippen LogP contribution is -2.35. The van der Waals surface area contributed by atoms with E-state index in [9.17, 15) is 18.0 Å². The predicted molar refractivity (Wildman–Crippen MR) is 118 cm³/mol. The van der Waals surface area contributed by atoms with Gasteiger partial charge in [0.2, 0.25) is 0 Å².